The Bertz CT molecular complexity index is 717. The molecule has 100 valence electrons. The molecule has 0 saturated heterocycles. The summed E-state index contributed by atoms with van der Waals surface area (Å²) in [6, 6.07) is 8.41. The van der Waals surface area contributed by atoms with Crippen molar-refractivity contribution < 1.29 is 12.8 Å². The highest BCUT2D eigenvalue weighted by atomic mass is 32.2. The molecule has 0 aliphatic heterocycles. The van der Waals surface area contributed by atoms with Crippen LogP contribution in [0.25, 0.3) is 0 Å². The fraction of sp³-hybridized carbons (Fsp3) is 0.0833. The van der Waals surface area contributed by atoms with E-state index >= 15 is 0 Å². The monoisotopic (exact) mass is 281 g/mol. The Morgan fingerprint density at radius 1 is 1.26 bits per heavy atom. The van der Waals surface area contributed by atoms with Gasteiger partial charge in [0.1, 0.15) is 10.7 Å². The van der Waals surface area contributed by atoms with Crippen molar-refractivity contribution >= 4 is 21.5 Å². The van der Waals surface area contributed by atoms with E-state index < -0.39 is 16.0 Å². The fourth-order valence-corrected chi connectivity index (χ4v) is 2.69. The number of anilines is 2. The number of aromatic nitrogens is 1. The van der Waals surface area contributed by atoms with Gasteiger partial charge in [0.2, 0.25) is 5.95 Å². The first-order valence-corrected chi connectivity index (χ1v) is 6.88. The van der Waals surface area contributed by atoms with Crippen molar-refractivity contribution in [3.63, 3.8) is 0 Å². The Balaban J connectivity index is 2.38. The minimum absolute atomic E-state index is 0.0656. The van der Waals surface area contributed by atoms with E-state index in [1.54, 1.807) is 19.1 Å². The molecule has 7 heteroatoms. The lowest BCUT2D eigenvalue weighted by molar-refractivity contribution is 0.584. The van der Waals surface area contributed by atoms with Gasteiger partial charge in [-0.25, -0.2) is 13.4 Å². The number of pyridine rings is 1. The number of hydrogen-bond donors (Lipinski definition) is 2. The molecule has 2 aromatic rings. The zero-order valence-corrected chi connectivity index (χ0v) is 10.9. The number of nitrogens with two attached hydrogens (primary N) is 1. The van der Waals surface area contributed by atoms with Crippen LogP contribution in [0.15, 0.2) is 41.3 Å². The summed E-state index contributed by atoms with van der Waals surface area (Å²) in [6.07, 6.45) is 0. The van der Waals surface area contributed by atoms with Crippen molar-refractivity contribution in [1.29, 1.82) is 0 Å². The minimum Gasteiger partial charge on any atom is -0.398 e. The predicted molar refractivity (Wildman–Crippen MR) is 70.6 cm³/mol. The van der Waals surface area contributed by atoms with E-state index in [2.05, 4.69) is 9.71 Å². The molecule has 0 amide bonds. The van der Waals surface area contributed by atoms with E-state index in [4.69, 9.17) is 5.73 Å². The van der Waals surface area contributed by atoms with Crippen LogP contribution >= 0.6 is 0 Å². The van der Waals surface area contributed by atoms with Gasteiger partial charge in [-0.15, -0.1) is 0 Å². The van der Waals surface area contributed by atoms with Crippen molar-refractivity contribution in [1.82, 2.24) is 4.98 Å². The Morgan fingerprint density at radius 3 is 2.63 bits per heavy atom. The van der Waals surface area contributed by atoms with Crippen LogP contribution in [0.4, 0.5) is 15.9 Å². The number of aryl methyl sites for hydroxylation is 1. The summed E-state index contributed by atoms with van der Waals surface area (Å²) < 4.78 is 39.3. The van der Waals surface area contributed by atoms with Crippen molar-refractivity contribution in [3.05, 3.63) is 47.9 Å². The van der Waals surface area contributed by atoms with Gasteiger partial charge in [0.25, 0.3) is 10.0 Å². The molecule has 2 rings (SSSR count). The largest absolute Gasteiger partial charge is 0.398 e. The molecule has 0 spiro atoms. The molecule has 0 atom stereocenters. The second kappa shape index (κ2) is 4.85. The molecule has 0 aliphatic carbocycles. The standard InChI is InChI=1S/C12H12FN3O2S/c1-8-5-6-10(9(14)7-8)19(17,18)16-12-4-2-3-11(13)15-12/h2-7H,14H2,1H3,(H,15,16). The molecular weight excluding hydrogens is 269 g/mol. The van der Waals surface area contributed by atoms with Crippen LogP contribution in [0.5, 0.6) is 0 Å². The zero-order valence-electron chi connectivity index (χ0n) is 10.1. The highest BCUT2D eigenvalue weighted by Crippen LogP contribution is 2.21. The summed E-state index contributed by atoms with van der Waals surface area (Å²) in [7, 11) is -3.88. The number of hydrogen-bond acceptors (Lipinski definition) is 4. The lowest BCUT2D eigenvalue weighted by Crippen LogP contribution is -2.16. The molecule has 0 unspecified atom stereocenters. The normalized spacial score (nSPS) is 11.3. The molecule has 1 aromatic heterocycles. The first-order valence-electron chi connectivity index (χ1n) is 5.40. The van der Waals surface area contributed by atoms with Crippen molar-refractivity contribution in [2.75, 3.05) is 10.5 Å². The number of nitrogen functional groups attached to an aromatic ring is 1. The van der Waals surface area contributed by atoms with Crippen LogP contribution in [0.1, 0.15) is 5.56 Å². The summed E-state index contributed by atoms with van der Waals surface area (Å²) in [4.78, 5) is 3.37. The Hall–Kier alpha value is -2.15. The number of nitrogens with one attached hydrogen (secondary N) is 1. The lowest BCUT2D eigenvalue weighted by atomic mass is 10.2. The van der Waals surface area contributed by atoms with Crippen LogP contribution in [-0.4, -0.2) is 13.4 Å². The topological polar surface area (TPSA) is 85.1 Å². The molecule has 3 N–H and O–H groups in total. The third-order valence-corrected chi connectivity index (χ3v) is 3.84. The first-order chi connectivity index (χ1) is 8.88. The predicted octanol–water partition coefficient (Wildman–Crippen LogP) is 1.91. The molecule has 19 heavy (non-hydrogen) atoms. The Kier molecular flexibility index (Phi) is 3.39. The van der Waals surface area contributed by atoms with Crippen LogP contribution in [0.2, 0.25) is 0 Å². The van der Waals surface area contributed by atoms with Gasteiger partial charge in [0, 0.05) is 0 Å². The molecule has 0 fully saturated rings. The average molecular weight is 281 g/mol. The molecule has 0 radical (unpaired) electrons. The summed E-state index contributed by atoms with van der Waals surface area (Å²) in [6.45, 7) is 1.80. The molecule has 5 nitrogen and oxygen atoms in total. The molecular formula is C12H12FN3O2S. The average Bonchev–Trinajstić information content (AvgIpc) is 2.27. The van der Waals surface area contributed by atoms with Gasteiger partial charge in [-0.3, -0.25) is 4.72 Å². The smallest absolute Gasteiger partial charge is 0.265 e. The number of rotatable bonds is 3. The molecule has 1 aromatic carbocycles. The van der Waals surface area contributed by atoms with Crippen LogP contribution in [0, 0.1) is 12.9 Å². The fourth-order valence-electron chi connectivity index (χ4n) is 1.57. The highest BCUT2D eigenvalue weighted by Gasteiger charge is 2.18. The second-order valence-corrected chi connectivity index (χ2v) is 5.64. The van der Waals surface area contributed by atoms with Gasteiger partial charge in [-0.2, -0.15) is 4.39 Å². The van der Waals surface area contributed by atoms with Crippen LogP contribution in [-0.2, 0) is 10.0 Å². The maximum atomic E-state index is 12.9. The summed E-state index contributed by atoms with van der Waals surface area (Å²) in [5.41, 5.74) is 6.65. The van der Waals surface area contributed by atoms with Gasteiger partial charge in [-0.05, 0) is 36.8 Å². The van der Waals surface area contributed by atoms with Gasteiger partial charge < -0.3 is 5.73 Å². The molecule has 1 heterocycles. The maximum Gasteiger partial charge on any atom is 0.265 e. The number of halogens is 1. The third kappa shape index (κ3) is 3.00. The number of benzene rings is 1. The minimum atomic E-state index is -3.88. The quantitative estimate of drug-likeness (QED) is 0.665. The van der Waals surface area contributed by atoms with Crippen molar-refractivity contribution in [2.24, 2.45) is 0 Å². The van der Waals surface area contributed by atoms with E-state index in [0.29, 0.717) is 0 Å². The van der Waals surface area contributed by atoms with Gasteiger partial charge in [-0.1, -0.05) is 12.1 Å². The lowest BCUT2D eigenvalue weighted by Gasteiger charge is -2.09. The Morgan fingerprint density at radius 2 is 2.00 bits per heavy atom. The summed E-state index contributed by atoms with van der Waals surface area (Å²) >= 11 is 0. The van der Waals surface area contributed by atoms with Gasteiger partial charge in [0.05, 0.1) is 5.69 Å². The second-order valence-electron chi connectivity index (χ2n) is 3.99. The molecule has 0 bridgehead atoms. The Labute approximate surface area is 110 Å². The first kappa shape index (κ1) is 13.3. The van der Waals surface area contributed by atoms with Crippen molar-refractivity contribution in [2.45, 2.75) is 11.8 Å². The molecule has 0 saturated carbocycles. The number of nitrogens with zero attached hydrogens (tertiary/aromatic N) is 1. The van der Waals surface area contributed by atoms with E-state index in [-0.39, 0.29) is 16.4 Å². The number of sulfonamides is 1. The molecule has 0 aliphatic rings. The van der Waals surface area contributed by atoms with E-state index in [1.165, 1.54) is 18.2 Å². The van der Waals surface area contributed by atoms with Crippen molar-refractivity contribution in [3.8, 4) is 0 Å². The van der Waals surface area contributed by atoms with Crippen LogP contribution < -0.4 is 10.5 Å². The highest BCUT2D eigenvalue weighted by molar-refractivity contribution is 7.92. The third-order valence-electron chi connectivity index (χ3n) is 2.41. The SMILES string of the molecule is Cc1ccc(S(=O)(=O)Nc2cccc(F)n2)c(N)c1. The van der Waals surface area contributed by atoms with E-state index in [1.807, 2.05) is 0 Å². The summed E-state index contributed by atoms with van der Waals surface area (Å²) in [5, 5.41) is 0. The van der Waals surface area contributed by atoms with Gasteiger partial charge in [0.15, 0.2) is 0 Å². The summed E-state index contributed by atoms with van der Waals surface area (Å²) in [5.74, 6) is -0.864. The van der Waals surface area contributed by atoms with E-state index in [9.17, 15) is 12.8 Å². The van der Waals surface area contributed by atoms with E-state index in [0.717, 1.165) is 11.6 Å². The van der Waals surface area contributed by atoms with Crippen LogP contribution in [0.3, 0.4) is 0 Å². The maximum absolute atomic E-state index is 12.9. The van der Waals surface area contributed by atoms with Gasteiger partial charge >= 0.3 is 0 Å². The zero-order chi connectivity index (χ0) is 14.0.